The molecule has 344 valence electrons. The molecule has 3 nitrogen and oxygen atoms in total. The first-order valence-corrected chi connectivity index (χ1v) is 25.0. The third-order valence-electron chi connectivity index (χ3n) is 16.0. The summed E-state index contributed by atoms with van der Waals surface area (Å²) in [6, 6.07) is 77.9. The molecule has 3 aliphatic rings. The summed E-state index contributed by atoms with van der Waals surface area (Å²) in [5.41, 5.74) is 20.7. The molecule has 0 fully saturated rings. The van der Waals surface area contributed by atoms with E-state index in [0.29, 0.717) is 11.3 Å². The molecule has 1 unspecified atom stereocenters. The van der Waals surface area contributed by atoms with E-state index in [1.807, 2.05) is 36.4 Å². The SMILES string of the molecule is [2H]c1c([2H])c([2H])c(-c2ccccc2N(c2ccc3c(c2)C(C)(C)c2ccccc2-3)c2ccc3c(c2)C2(c4ccccc4-3)c3ccccc3-c3ccc(N(c4ccccc4)c4cccc5c4oc4ccccc45)cc32)c([2H])c1[2H]. The smallest absolute Gasteiger partial charge is 0.159 e. The first kappa shape index (κ1) is 36.7. The summed E-state index contributed by atoms with van der Waals surface area (Å²) in [5, 5.41) is 2.12. The second-order valence-electron chi connectivity index (χ2n) is 20.0. The van der Waals surface area contributed by atoms with Crippen LogP contribution in [0.2, 0.25) is 0 Å². The van der Waals surface area contributed by atoms with Crippen molar-refractivity contribution in [3.8, 4) is 44.5 Å². The van der Waals surface area contributed by atoms with Gasteiger partial charge in [-0.15, -0.1) is 0 Å². The van der Waals surface area contributed by atoms with E-state index in [4.69, 9.17) is 8.53 Å². The summed E-state index contributed by atoms with van der Waals surface area (Å²) >= 11 is 0. The van der Waals surface area contributed by atoms with Crippen LogP contribution >= 0.6 is 0 Å². The normalized spacial score (nSPS) is 16.1. The average molecular weight is 938 g/mol. The van der Waals surface area contributed by atoms with Crippen molar-refractivity contribution in [3.63, 3.8) is 0 Å². The lowest BCUT2D eigenvalue weighted by Gasteiger charge is -2.34. The van der Waals surface area contributed by atoms with Gasteiger partial charge in [-0.1, -0.05) is 202 Å². The summed E-state index contributed by atoms with van der Waals surface area (Å²) in [6.07, 6.45) is 0. The maximum atomic E-state index is 9.29. The van der Waals surface area contributed by atoms with E-state index in [1.165, 1.54) is 38.9 Å². The Hall–Kier alpha value is -9.18. The molecule has 3 aliphatic carbocycles. The second-order valence-corrected chi connectivity index (χ2v) is 20.0. The van der Waals surface area contributed by atoms with Crippen molar-refractivity contribution in [2.45, 2.75) is 24.7 Å². The van der Waals surface area contributed by atoms with Crippen molar-refractivity contribution >= 4 is 56.1 Å². The molecule has 0 amide bonds. The van der Waals surface area contributed by atoms with Crippen molar-refractivity contribution in [1.29, 1.82) is 0 Å². The molecule has 12 aromatic rings. The van der Waals surface area contributed by atoms with E-state index >= 15 is 0 Å². The van der Waals surface area contributed by atoms with Crippen LogP contribution in [0.3, 0.4) is 0 Å². The molecule has 0 saturated heterocycles. The number of anilines is 6. The molecule has 0 aliphatic heterocycles. The van der Waals surface area contributed by atoms with Crippen LogP contribution in [0.25, 0.3) is 66.4 Å². The van der Waals surface area contributed by atoms with Crippen LogP contribution in [0.4, 0.5) is 34.1 Å². The summed E-state index contributed by atoms with van der Waals surface area (Å²) < 4.78 is 51.5. The number of rotatable bonds is 7. The van der Waals surface area contributed by atoms with Crippen molar-refractivity contribution in [3.05, 3.63) is 288 Å². The predicted octanol–water partition coefficient (Wildman–Crippen LogP) is 18.8. The highest BCUT2D eigenvalue weighted by molar-refractivity contribution is 6.10. The highest BCUT2D eigenvalue weighted by atomic mass is 16.3. The number of furan rings is 1. The summed E-state index contributed by atoms with van der Waals surface area (Å²) in [5.74, 6) is 0. The topological polar surface area (TPSA) is 19.6 Å². The zero-order valence-electron chi connectivity index (χ0n) is 45.2. The quantitative estimate of drug-likeness (QED) is 0.159. The van der Waals surface area contributed by atoms with Gasteiger partial charge in [0.05, 0.1) is 23.6 Å². The van der Waals surface area contributed by atoms with E-state index in [0.717, 1.165) is 78.2 Å². The Balaban J connectivity index is 0.997. The average Bonchev–Trinajstić information content (AvgIpc) is 4.16. The van der Waals surface area contributed by atoms with Crippen molar-refractivity contribution in [1.82, 2.24) is 0 Å². The number of hydrogen-bond donors (Lipinski definition) is 0. The Morgan fingerprint density at radius 3 is 1.48 bits per heavy atom. The van der Waals surface area contributed by atoms with Gasteiger partial charge in [-0.25, -0.2) is 0 Å². The molecule has 73 heavy (non-hydrogen) atoms. The molecule has 3 heteroatoms. The minimum absolute atomic E-state index is 0.146. The fourth-order valence-corrected chi connectivity index (χ4v) is 12.8. The first-order valence-electron chi connectivity index (χ1n) is 27.5. The molecule has 1 aromatic heterocycles. The summed E-state index contributed by atoms with van der Waals surface area (Å²) in [7, 11) is 0. The van der Waals surface area contributed by atoms with Gasteiger partial charge >= 0.3 is 0 Å². The van der Waals surface area contributed by atoms with Crippen molar-refractivity contribution in [2.24, 2.45) is 0 Å². The number of benzene rings is 11. The molecule has 0 saturated carbocycles. The number of hydrogen-bond acceptors (Lipinski definition) is 3. The van der Waals surface area contributed by atoms with Crippen LogP contribution in [-0.2, 0) is 10.8 Å². The molecule has 15 rings (SSSR count). The maximum Gasteiger partial charge on any atom is 0.159 e. The molecular weight excluding hydrogens is 885 g/mol. The lowest BCUT2D eigenvalue weighted by atomic mass is 9.70. The van der Waals surface area contributed by atoms with Gasteiger partial charge in [-0.3, -0.25) is 0 Å². The molecule has 1 heterocycles. The first-order chi connectivity index (χ1) is 38.0. The summed E-state index contributed by atoms with van der Waals surface area (Å²) in [4.78, 5) is 4.56. The molecule has 1 atom stereocenters. The lowest BCUT2D eigenvalue weighted by Crippen LogP contribution is -2.26. The Labute approximate surface area is 432 Å². The van der Waals surface area contributed by atoms with Gasteiger partial charge in [0, 0.05) is 44.5 Å². The van der Waals surface area contributed by atoms with E-state index < -0.39 is 11.5 Å². The van der Waals surface area contributed by atoms with Gasteiger partial charge in [-0.2, -0.15) is 0 Å². The van der Waals surface area contributed by atoms with Gasteiger partial charge in [0.15, 0.2) is 5.58 Å². The Bertz CT molecular complexity index is 4480. The fourth-order valence-electron chi connectivity index (χ4n) is 12.8. The monoisotopic (exact) mass is 937 g/mol. The van der Waals surface area contributed by atoms with Gasteiger partial charge in [0.1, 0.15) is 5.58 Å². The fraction of sp³-hybridized carbons (Fsp3) is 0.0571. The summed E-state index contributed by atoms with van der Waals surface area (Å²) in [6.45, 7) is 4.56. The van der Waals surface area contributed by atoms with Crippen LogP contribution < -0.4 is 9.80 Å². The Morgan fingerprint density at radius 2 is 0.822 bits per heavy atom. The third kappa shape index (κ3) is 5.88. The predicted molar refractivity (Wildman–Crippen MR) is 302 cm³/mol. The standard InChI is InChI=1S/C70H48N2O/c1-69(2)59-30-14-9-25-51(59)54-39-36-47(42-62(54)69)72(65-33-17-12-24-50(65)45-20-5-3-6-21-45)49-38-41-56-53-27-11-16-32-61(53)70(64(56)44-49)60-31-15-10-26-52(60)55-40-37-48(43-63(55)70)71(46-22-7-4-8-23-46)66-34-19-29-58-57-28-13-18-35-67(57)73-68(58)66/h3-44H,1-2H3/i3D,5D,6D,20D,21D. The number of fused-ring (bicyclic) bond motifs is 16. The second kappa shape index (κ2) is 15.7. The molecule has 0 N–H and O–H groups in total. The lowest BCUT2D eigenvalue weighted by molar-refractivity contribution is 0.660. The van der Waals surface area contributed by atoms with E-state index in [2.05, 4.69) is 212 Å². The van der Waals surface area contributed by atoms with E-state index in [-0.39, 0.29) is 35.1 Å². The highest BCUT2D eigenvalue weighted by Gasteiger charge is 2.52. The van der Waals surface area contributed by atoms with Crippen LogP contribution in [0, 0.1) is 0 Å². The minimum Gasteiger partial charge on any atom is -0.454 e. The van der Waals surface area contributed by atoms with E-state index in [9.17, 15) is 2.74 Å². The van der Waals surface area contributed by atoms with Gasteiger partial charge in [-0.05, 0) is 139 Å². The molecular formula is C70H48N2O. The third-order valence-corrected chi connectivity index (χ3v) is 16.0. The zero-order chi connectivity index (χ0) is 52.8. The molecule has 11 aromatic carbocycles. The maximum absolute atomic E-state index is 9.29. The zero-order valence-corrected chi connectivity index (χ0v) is 40.2. The molecule has 0 radical (unpaired) electrons. The Morgan fingerprint density at radius 1 is 0.356 bits per heavy atom. The van der Waals surface area contributed by atoms with Gasteiger partial charge < -0.3 is 14.2 Å². The van der Waals surface area contributed by atoms with Crippen LogP contribution in [0.1, 0.15) is 54.1 Å². The van der Waals surface area contributed by atoms with Crippen LogP contribution in [-0.4, -0.2) is 0 Å². The Kier molecular flexibility index (Phi) is 7.88. The largest absolute Gasteiger partial charge is 0.454 e. The number of para-hydroxylation sites is 4. The minimum atomic E-state index is -0.781. The molecule has 0 bridgehead atoms. The van der Waals surface area contributed by atoms with Crippen molar-refractivity contribution in [2.75, 3.05) is 9.80 Å². The van der Waals surface area contributed by atoms with Gasteiger partial charge in [0.25, 0.3) is 0 Å². The molecule has 1 spiro atoms. The number of nitrogens with zero attached hydrogens (tertiary/aromatic N) is 2. The van der Waals surface area contributed by atoms with Crippen LogP contribution in [0.5, 0.6) is 0 Å². The highest BCUT2D eigenvalue weighted by Crippen LogP contribution is 2.64. The van der Waals surface area contributed by atoms with Crippen LogP contribution in [0.15, 0.2) is 259 Å². The van der Waals surface area contributed by atoms with Crippen molar-refractivity contribution < 1.29 is 11.3 Å². The van der Waals surface area contributed by atoms with Gasteiger partial charge in [0.2, 0.25) is 0 Å². The van der Waals surface area contributed by atoms with E-state index in [1.54, 1.807) is 0 Å².